The van der Waals surface area contributed by atoms with Crippen LogP contribution in [-0.2, 0) is 11.3 Å². The van der Waals surface area contributed by atoms with E-state index in [0.29, 0.717) is 60.1 Å². The summed E-state index contributed by atoms with van der Waals surface area (Å²) in [5.41, 5.74) is 1.49. The summed E-state index contributed by atoms with van der Waals surface area (Å²) in [4.78, 5) is 25.5. The number of hydrogen-bond donors (Lipinski definition) is 2. The molecule has 11 nitrogen and oxygen atoms in total. The van der Waals surface area contributed by atoms with Crippen molar-refractivity contribution >= 4 is 34.2 Å². The van der Waals surface area contributed by atoms with Gasteiger partial charge in [-0.15, -0.1) is 0 Å². The monoisotopic (exact) mass is 672 g/mol. The van der Waals surface area contributed by atoms with Gasteiger partial charge in [0.05, 0.1) is 60.5 Å². The van der Waals surface area contributed by atoms with E-state index in [1.54, 1.807) is 54.3 Å². The Bertz CT molecular complexity index is 1970. The zero-order valence-corrected chi connectivity index (χ0v) is 28.0. The predicted molar refractivity (Wildman–Crippen MR) is 183 cm³/mol. The lowest BCUT2D eigenvalue weighted by molar-refractivity contribution is 0.0240. The molecule has 3 aromatic heterocycles. The van der Waals surface area contributed by atoms with E-state index in [-0.39, 0.29) is 29.8 Å². The number of aromatic hydroxyl groups is 1. The quantitative estimate of drug-likeness (QED) is 0.181. The van der Waals surface area contributed by atoms with Crippen LogP contribution in [0.15, 0.2) is 67.0 Å². The first kappa shape index (κ1) is 33.3. The standard InChI is InChI=1S/C36H38F2N6O5/c1-36(2,3)49-35(46)43-15-13-42(14-16-43)23-10-12-31(39-19-23)41-28-18-27(32-25(37)7-6-8-26(32)38)40-29-21-44(34(45)33(28)29)20-22-9-11-24(47-4)17-30(22)48-5/h6-12,17-19,21,45H,13-16,20H2,1-5H3,(H,39,41). The summed E-state index contributed by atoms with van der Waals surface area (Å²) in [6.45, 7) is 7.98. The van der Waals surface area contributed by atoms with Gasteiger partial charge in [0, 0.05) is 44.0 Å². The highest BCUT2D eigenvalue weighted by atomic mass is 19.1. The van der Waals surface area contributed by atoms with Crippen LogP contribution in [-0.4, -0.2) is 76.6 Å². The first-order chi connectivity index (χ1) is 23.4. The molecule has 0 spiro atoms. The number of nitrogens with one attached hydrogen (secondary N) is 1. The number of hydrogen-bond acceptors (Lipinski definition) is 9. The highest BCUT2D eigenvalue weighted by molar-refractivity contribution is 5.99. The molecule has 1 saturated heterocycles. The van der Waals surface area contributed by atoms with Crippen LogP contribution in [0.1, 0.15) is 26.3 Å². The molecule has 0 atom stereocenters. The van der Waals surface area contributed by atoms with Crippen molar-refractivity contribution < 1.29 is 32.9 Å². The molecule has 0 aliphatic carbocycles. The van der Waals surface area contributed by atoms with E-state index >= 15 is 0 Å². The molecule has 0 unspecified atom stereocenters. The number of pyridine rings is 2. The Morgan fingerprint density at radius 1 is 0.980 bits per heavy atom. The van der Waals surface area contributed by atoms with Crippen LogP contribution >= 0.6 is 0 Å². The molecule has 2 aromatic carbocycles. The number of fused-ring (bicyclic) bond motifs is 1. The lowest BCUT2D eigenvalue weighted by Gasteiger charge is -2.36. The summed E-state index contributed by atoms with van der Waals surface area (Å²) in [5, 5.41) is 15.1. The predicted octanol–water partition coefficient (Wildman–Crippen LogP) is 6.95. The van der Waals surface area contributed by atoms with E-state index in [0.717, 1.165) is 11.3 Å². The summed E-state index contributed by atoms with van der Waals surface area (Å²) in [6, 6.07) is 14.2. The van der Waals surface area contributed by atoms with Gasteiger partial charge < -0.3 is 39.0 Å². The smallest absolute Gasteiger partial charge is 0.410 e. The first-order valence-electron chi connectivity index (χ1n) is 15.8. The first-order valence-corrected chi connectivity index (χ1v) is 15.8. The lowest BCUT2D eigenvalue weighted by Crippen LogP contribution is -2.50. The minimum Gasteiger partial charge on any atom is -0.497 e. The Balaban J connectivity index is 1.30. The van der Waals surface area contributed by atoms with Crippen LogP contribution in [0, 0.1) is 11.6 Å². The van der Waals surface area contributed by atoms with E-state index in [2.05, 4.69) is 20.2 Å². The summed E-state index contributed by atoms with van der Waals surface area (Å²) in [6.07, 6.45) is 3.00. The van der Waals surface area contributed by atoms with Gasteiger partial charge in [-0.2, -0.15) is 0 Å². The molecule has 1 amide bonds. The zero-order chi connectivity index (χ0) is 34.9. The van der Waals surface area contributed by atoms with Crippen LogP contribution < -0.4 is 19.7 Å². The fraction of sp³-hybridized carbons (Fsp3) is 0.306. The molecule has 4 heterocycles. The van der Waals surface area contributed by atoms with E-state index in [1.807, 2.05) is 32.9 Å². The number of benzene rings is 2. The van der Waals surface area contributed by atoms with Crippen molar-refractivity contribution in [2.75, 3.05) is 50.6 Å². The van der Waals surface area contributed by atoms with Gasteiger partial charge in [-0.1, -0.05) is 6.07 Å². The molecule has 256 valence electrons. The number of aromatic nitrogens is 3. The molecule has 13 heteroatoms. The highest BCUT2D eigenvalue weighted by Crippen LogP contribution is 2.39. The minimum atomic E-state index is -0.765. The van der Waals surface area contributed by atoms with Crippen molar-refractivity contribution in [3.63, 3.8) is 0 Å². The number of nitrogens with zero attached hydrogens (tertiary/aromatic N) is 5. The summed E-state index contributed by atoms with van der Waals surface area (Å²) in [5.74, 6) is -0.0194. The molecule has 0 saturated carbocycles. The van der Waals surface area contributed by atoms with Crippen LogP contribution in [0.25, 0.3) is 22.2 Å². The fourth-order valence-corrected chi connectivity index (χ4v) is 5.76. The Morgan fingerprint density at radius 3 is 2.35 bits per heavy atom. The maximum Gasteiger partial charge on any atom is 0.410 e. The number of halogens is 2. The maximum absolute atomic E-state index is 14.9. The van der Waals surface area contributed by atoms with Crippen molar-refractivity contribution in [1.29, 1.82) is 0 Å². The van der Waals surface area contributed by atoms with Crippen LogP contribution in [0.2, 0.25) is 0 Å². The number of ether oxygens (including phenoxy) is 3. The second kappa shape index (κ2) is 13.5. The topological polar surface area (TPSA) is 114 Å². The molecule has 49 heavy (non-hydrogen) atoms. The van der Waals surface area contributed by atoms with E-state index in [4.69, 9.17) is 14.2 Å². The molecule has 0 radical (unpaired) electrons. The van der Waals surface area contributed by atoms with Crippen molar-refractivity contribution in [2.24, 2.45) is 0 Å². The Hall–Kier alpha value is -5.59. The third kappa shape index (κ3) is 7.15. The molecule has 6 rings (SSSR count). The van der Waals surface area contributed by atoms with Gasteiger partial charge in [-0.25, -0.2) is 23.5 Å². The number of carbonyl (C=O) groups is 1. The molecular formula is C36H38F2N6O5. The van der Waals surface area contributed by atoms with Crippen LogP contribution in [0.4, 0.5) is 30.8 Å². The van der Waals surface area contributed by atoms with E-state index in [9.17, 15) is 18.7 Å². The second-order valence-electron chi connectivity index (χ2n) is 12.7. The van der Waals surface area contributed by atoms with Gasteiger partial charge in [-0.05, 0) is 63.2 Å². The average molecular weight is 673 g/mol. The number of methoxy groups -OCH3 is 2. The van der Waals surface area contributed by atoms with E-state index in [1.165, 1.54) is 24.3 Å². The van der Waals surface area contributed by atoms with Gasteiger partial charge >= 0.3 is 6.09 Å². The Labute approximate surface area is 282 Å². The molecule has 2 N–H and O–H groups in total. The maximum atomic E-state index is 14.9. The molecule has 1 aliphatic rings. The number of anilines is 3. The molecular weight excluding hydrogens is 634 g/mol. The number of carbonyl (C=O) groups excluding carboxylic acids is 1. The fourth-order valence-electron chi connectivity index (χ4n) is 5.76. The van der Waals surface area contributed by atoms with E-state index < -0.39 is 17.2 Å². The lowest BCUT2D eigenvalue weighted by atomic mass is 10.1. The van der Waals surface area contributed by atoms with Gasteiger partial charge in [0.25, 0.3) is 0 Å². The number of rotatable bonds is 8. The zero-order valence-electron chi connectivity index (χ0n) is 28.0. The van der Waals surface area contributed by atoms with Gasteiger partial charge in [0.2, 0.25) is 5.88 Å². The number of piperazine rings is 1. The Kier molecular flexibility index (Phi) is 9.18. The largest absolute Gasteiger partial charge is 0.497 e. The average Bonchev–Trinajstić information content (AvgIpc) is 3.39. The van der Waals surface area contributed by atoms with Crippen LogP contribution in [0.3, 0.4) is 0 Å². The second-order valence-corrected chi connectivity index (χ2v) is 12.7. The van der Waals surface area contributed by atoms with Crippen LogP contribution in [0.5, 0.6) is 17.4 Å². The SMILES string of the molecule is COc1ccc(Cn2cc3nc(-c4c(F)cccc4F)cc(Nc4ccc(N5CCN(C(=O)OC(C)(C)C)CC5)cn4)c3c2O)c(OC)c1. The molecule has 0 bridgehead atoms. The third-order valence-electron chi connectivity index (χ3n) is 8.18. The highest BCUT2D eigenvalue weighted by Gasteiger charge is 2.26. The third-order valence-corrected chi connectivity index (χ3v) is 8.18. The van der Waals surface area contributed by atoms with Crippen molar-refractivity contribution in [3.8, 4) is 28.6 Å². The van der Waals surface area contributed by atoms with Crippen molar-refractivity contribution in [2.45, 2.75) is 32.9 Å². The number of amides is 1. The van der Waals surface area contributed by atoms with Crippen molar-refractivity contribution in [3.05, 3.63) is 84.2 Å². The summed E-state index contributed by atoms with van der Waals surface area (Å²) in [7, 11) is 3.11. The summed E-state index contributed by atoms with van der Waals surface area (Å²) < 4.78 is 47.8. The summed E-state index contributed by atoms with van der Waals surface area (Å²) >= 11 is 0. The molecule has 1 aliphatic heterocycles. The Morgan fingerprint density at radius 2 is 1.71 bits per heavy atom. The molecule has 5 aromatic rings. The van der Waals surface area contributed by atoms with Gasteiger partial charge in [-0.3, -0.25) is 0 Å². The van der Waals surface area contributed by atoms with Crippen molar-refractivity contribution in [1.82, 2.24) is 19.4 Å². The van der Waals surface area contributed by atoms with Gasteiger partial charge in [0.1, 0.15) is 34.6 Å². The molecule has 1 fully saturated rings. The minimum absolute atomic E-state index is 0.0456. The normalized spacial score (nSPS) is 13.4. The van der Waals surface area contributed by atoms with Gasteiger partial charge in [0.15, 0.2) is 0 Å².